The second kappa shape index (κ2) is 4.92. The summed E-state index contributed by atoms with van der Waals surface area (Å²) in [6.45, 7) is 1.98. The Morgan fingerprint density at radius 2 is 2.27 bits per heavy atom. The Bertz CT molecular complexity index is 233. The van der Waals surface area contributed by atoms with Gasteiger partial charge in [-0.3, -0.25) is 15.1 Å². The van der Waals surface area contributed by atoms with Crippen molar-refractivity contribution >= 4 is 5.91 Å². The van der Waals surface area contributed by atoms with Gasteiger partial charge in [-0.25, -0.2) is 5.84 Å². The van der Waals surface area contributed by atoms with Crippen molar-refractivity contribution in [3.63, 3.8) is 0 Å². The Morgan fingerprint density at radius 3 is 3.07 bits per heavy atom. The summed E-state index contributed by atoms with van der Waals surface area (Å²) >= 11 is 0. The SMILES string of the molecule is NNC(=O)CN1CCOC2CCCCC21. The van der Waals surface area contributed by atoms with Crippen LogP contribution in [0.3, 0.4) is 0 Å². The molecule has 0 spiro atoms. The summed E-state index contributed by atoms with van der Waals surface area (Å²) in [6.07, 6.45) is 5.09. The van der Waals surface area contributed by atoms with Crippen molar-refractivity contribution < 1.29 is 9.53 Å². The van der Waals surface area contributed by atoms with Crippen LogP contribution < -0.4 is 11.3 Å². The number of hydrogen-bond acceptors (Lipinski definition) is 4. The molecule has 0 bridgehead atoms. The topological polar surface area (TPSA) is 67.6 Å². The van der Waals surface area contributed by atoms with Gasteiger partial charge in [-0.05, 0) is 12.8 Å². The van der Waals surface area contributed by atoms with Gasteiger partial charge in [0.1, 0.15) is 0 Å². The van der Waals surface area contributed by atoms with E-state index in [0.29, 0.717) is 18.7 Å². The number of amides is 1. The molecule has 2 unspecified atom stereocenters. The van der Waals surface area contributed by atoms with Gasteiger partial charge in [0.2, 0.25) is 5.91 Å². The first-order valence-electron chi connectivity index (χ1n) is 5.66. The number of morpholine rings is 1. The zero-order valence-corrected chi connectivity index (χ0v) is 8.95. The molecule has 1 amide bonds. The maximum Gasteiger partial charge on any atom is 0.248 e. The van der Waals surface area contributed by atoms with Crippen molar-refractivity contribution in [3.05, 3.63) is 0 Å². The smallest absolute Gasteiger partial charge is 0.248 e. The van der Waals surface area contributed by atoms with Gasteiger partial charge >= 0.3 is 0 Å². The Morgan fingerprint density at radius 1 is 1.47 bits per heavy atom. The summed E-state index contributed by atoms with van der Waals surface area (Å²) in [5.41, 5.74) is 2.19. The number of hydrazine groups is 1. The molecule has 5 nitrogen and oxygen atoms in total. The molecule has 0 radical (unpaired) electrons. The van der Waals surface area contributed by atoms with Gasteiger partial charge in [0.05, 0.1) is 19.3 Å². The third-order valence-corrected chi connectivity index (χ3v) is 3.35. The summed E-state index contributed by atoms with van der Waals surface area (Å²) in [4.78, 5) is 13.4. The van der Waals surface area contributed by atoms with E-state index in [9.17, 15) is 4.79 Å². The first-order chi connectivity index (χ1) is 7.31. The number of fused-ring (bicyclic) bond motifs is 1. The molecule has 5 heteroatoms. The molecule has 1 heterocycles. The third-order valence-electron chi connectivity index (χ3n) is 3.35. The summed E-state index contributed by atoms with van der Waals surface area (Å²) in [7, 11) is 0. The van der Waals surface area contributed by atoms with Gasteiger partial charge in [0, 0.05) is 12.6 Å². The molecule has 2 atom stereocenters. The minimum atomic E-state index is -0.110. The van der Waals surface area contributed by atoms with E-state index < -0.39 is 0 Å². The van der Waals surface area contributed by atoms with E-state index in [0.717, 1.165) is 26.0 Å². The maximum absolute atomic E-state index is 11.2. The van der Waals surface area contributed by atoms with Crippen LogP contribution in [0, 0.1) is 0 Å². The van der Waals surface area contributed by atoms with Crippen molar-refractivity contribution in [2.45, 2.75) is 37.8 Å². The van der Waals surface area contributed by atoms with Crippen molar-refractivity contribution in [1.29, 1.82) is 0 Å². The molecule has 0 aromatic heterocycles. The summed E-state index contributed by atoms with van der Waals surface area (Å²) in [5, 5.41) is 0. The lowest BCUT2D eigenvalue weighted by molar-refractivity contribution is -0.129. The lowest BCUT2D eigenvalue weighted by Crippen LogP contribution is -2.55. The molecular formula is C10H19N3O2. The van der Waals surface area contributed by atoms with Gasteiger partial charge in [-0.15, -0.1) is 0 Å². The number of nitrogens with two attached hydrogens (primary N) is 1. The van der Waals surface area contributed by atoms with Crippen LogP contribution in [0.25, 0.3) is 0 Å². The molecule has 86 valence electrons. The van der Waals surface area contributed by atoms with E-state index in [1.54, 1.807) is 0 Å². The van der Waals surface area contributed by atoms with Crippen molar-refractivity contribution in [2.24, 2.45) is 5.84 Å². The van der Waals surface area contributed by atoms with Crippen LogP contribution in [-0.2, 0) is 9.53 Å². The van der Waals surface area contributed by atoms with Crippen molar-refractivity contribution in [3.8, 4) is 0 Å². The van der Waals surface area contributed by atoms with Crippen LogP contribution in [0.1, 0.15) is 25.7 Å². The van der Waals surface area contributed by atoms with E-state index in [-0.39, 0.29) is 5.91 Å². The standard InChI is InChI=1S/C10H19N3O2/c11-12-10(14)7-13-5-6-15-9-4-2-1-3-8(9)13/h8-9H,1-7,11H2,(H,12,14). The highest BCUT2D eigenvalue weighted by Crippen LogP contribution is 2.27. The molecule has 3 N–H and O–H groups in total. The fraction of sp³-hybridized carbons (Fsp3) is 0.900. The number of ether oxygens (including phenoxy) is 1. The van der Waals surface area contributed by atoms with E-state index in [1.807, 2.05) is 0 Å². The molecule has 2 aliphatic rings. The van der Waals surface area contributed by atoms with Crippen LogP contribution in [-0.4, -0.2) is 42.6 Å². The second-order valence-electron chi connectivity index (χ2n) is 4.30. The Labute approximate surface area is 89.9 Å². The number of rotatable bonds is 2. The molecular weight excluding hydrogens is 194 g/mol. The average Bonchev–Trinajstić information content (AvgIpc) is 2.29. The maximum atomic E-state index is 11.2. The zero-order valence-electron chi connectivity index (χ0n) is 8.95. The van der Waals surface area contributed by atoms with Crippen LogP contribution in [0.2, 0.25) is 0 Å². The first-order valence-corrected chi connectivity index (χ1v) is 5.66. The number of carbonyl (C=O) groups is 1. The first kappa shape index (κ1) is 10.9. The molecule has 0 aromatic carbocycles. The Balaban J connectivity index is 1.94. The van der Waals surface area contributed by atoms with Gasteiger partial charge in [0.15, 0.2) is 0 Å². The van der Waals surface area contributed by atoms with Crippen LogP contribution in [0.5, 0.6) is 0 Å². The average molecular weight is 213 g/mol. The van der Waals surface area contributed by atoms with Gasteiger partial charge in [-0.1, -0.05) is 12.8 Å². The minimum Gasteiger partial charge on any atom is -0.375 e. The quantitative estimate of drug-likeness (QED) is 0.373. The summed E-state index contributed by atoms with van der Waals surface area (Å²) in [6, 6.07) is 0.421. The van der Waals surface area contributed by atoms with Gasteiger partial charge in [-0.2, -0.15) is 0 Å². The van der Waals surface area contributed by atoms with Gasteiger partial charge < -0.3 is 4.74 Å². The Hall–Kier alpha value is -0.650. The summed E-state index contributed by atoms with van der Waals surface area (Å²) < 4.78 is 5.72. The number of nitrogens with zero attached hydrogens (tertiary/aromatic N) is 1. The van der Waals surface area contributed by atoms with Gasteiger partial charge in [0.25, 0.3) is 0 Å². The van der Waals surface area contributed by atoms with Crippen molar-refractivity contribution in [2.75, 3.05) is 19.7 Å². The molecule has 2 rings (SSSR count). The predicted molar refractivity (Wildman–Crippen MR) is 55.9 cm³/mol. The fourth-order valence-corrected chi connectivity index (χ4v) is 2.60. The molecule has 1 aliphatic carbocycles. The van der Waals surface area contributed by atoms with E-state index in [2.05, 4.69) is 10.3 Å². The highest BCUT2D eigenvalue weighted by Gasteiger charge is 2.34. The van der Waals surface area contributed by atoms with Crippen LogP contribution in [0.4, 0.5) is 0 Å². The lowest BCUT2D eigenvalue weighted by Gasteiger charge is -2.43. The summed E-state index contributed by atoms with van der Waals surface area (Å²) in [5.74, 6) is 4.99. The number of carbonyl (C=O) groups excluding carboxylic acids is 1. The Kier molecular flexibility index (Phi) is 3.56. The molecule has 2 fully saturated rings. The molecule has 1 aliphatic heterocycles. The zero-order chi connectivity index (χ0) is 10.7. The monoisotopic (exact) mass is 213 g/mol. The van der Waals surface area contributed by atoms with Crippen molar-refractivity contribution in [1.82, 2.24) is 10.3 Å². The predicted octanol–water partition coefficient (Wildman–Crippen LogP) is -0.380. The number of hydrogen-bond donors (Lipinski definition) is 2. The molecule has 1 saturated heterocycles. The van der Waals surface area contributed by atoms with Crippen LogP contribution >= 0.6 is 0 Å². The highest BCUT2D eigenvalue weighted by molar-refractivity contribution is 5.77. The molecule has 1 saturated carbocycles. The minimum absolute atomic E-state index is 0.110. The van der Waals surface area contributed by atoms with Crippen LogP contribution in [0.15, 0.2) is 0 Å². The number of nitrogens with one attached hydrogen (secondary N) is 1. The second-order valence-corrected chi connectivity index (χ2v) is 4.30. The molecule has 15 heavy (non-hydrogen) atoms. The lowest BCUT2D eigenvalue weighted by atomic mass is 9.90. The molecule has 0 aromatic rings. The normalized spacial score (nSPS) is 32.1. The van der Waals surface area contributed by atoms with E-state index >= 15 is 0 Å². The highest BCUT2D eigenvalue weighted by atomic mass is 16.5. The third kappa shape index (κ3) is 2.48. The largest absolute Gasteiger partial charge is 0.375 e. The van der Waals surface area contributed by atoms with E-state index in [1.165, 1.54) is 12.8 Å². The fourth-order valence-electron chi connectivity index (χ4n) is 2.60. The van der Waals surface area contributed by atoms with E-state index in [4.69, 9.17) is 10.6 Å².